The maximum absolute atomic E-state index is 11.9. The van der Waals surface area contributed by atoms with E-state index in [1.165, 1.54) is 0 Å². The molecule has 2 rings (SSSR count). The highest BCUT2D eigenvalue weighted by atomic mass is 16.6. The van der Waals surface area contributed by atoms with E-state index in [9.17, 15) is 4.79 Å². The van der Waals surface area contributed by atoms with Crippen LogP contribution in [0.2, 0.25) is 0 Å². The van der Waals surface area contributed by atoms with Crippen LogP contribution in [-0.4, -0.2) is 63.0 Å². The van der Waals surface area contributed by atoms with Crippen LogP contribution in [0.1, 0.15) is 25.7 Å². The third kappa shape index (κ3) is 3.93. The quantitative estimate of drug-likeness (QED) is 0.698. The third-order valence-electron chi connectivity index (χ3n) is 3.68. The Hall–Kier alpha value is -0.650. The number of ether oxygens (including phenoxy) is 3. The van der Waals surface area contributed by atoms with Gasteiger partial charge in [0, 0.05) is 20.2 Å². The lowest BCUT2D eigenvalue weighted by atomic mass is 9.94. The van der Waals surface area contributed by atoms with Gasteiger partial charge in [0.05, 0.1) is 25.9 Å². The van der Waals surface area contributed by atoms with Gasteiger partial charge in [0.15, 0.2) is 0 Å². The number of rotatable bonds is 4. The number of nitrogens with zero attached hydrogens (tertiary/aromatic N) is 1. The molecule has 1 saturated heterocycles. The first-order chi connectivity index (χ1) is 8.79. The average Bonchev–Trinajstić information content (AvgIpc) is 2.40. The minimum atomic E-state index is -0.133. The van der Waals surface area contributed by atoms with Crippen molar-refractivity contribution >= 4 is 5.97 Å². The molecule has 1 saturated carbocycles. The van der Waals surface area contributed by atoms with Crippen molar-refractivity contribution < 1.29 is 19.0 Å². The van der Waals surface area contributed by atoms with Crippen molar-refractivity contribution in [1.82, 2.24) is 4.90 Å². The minimum absolute atomic E-state index is 0.0581. The molecule has 2 fully saturated rings. The molecule has 0 bridgehead atoms. The number of carbonyl (C=O) groups is 1. The van der Waals surface area contributed by atoms with Gasteiger partial charge in [-0.25, -0.2) is 0 Å². The van der Waals surface area contributed by atoms with Crippen LogP contribution < -0.4 is 0 Å². The molecule has 0 unspecified atom stereocenters. The molecular formula is C13H23NO4. The van der Waals surface area contributed by atoms with Gasteiger partial charge in [-0.1, -0.05) is 6.42 Å². The molecule has 0 radical (unpaired) electrons. The van der Waals surface area contributed by atoms with Crippen molar-refractivity contribution in [3.05, 3.63) is 0 Å². The molecule has 18 heavy (non-hydrogen) atoms. The minimum Gasteiger partial charge on any atom is -0.459 e. The van der Waals surface area contributed by atoms with Crippen LogP contribution in [0.25, 0.3) is 0 Å². The molecule has 5 nitrogen and oxygen atoms in total. The zero-order chi connectivity index (χ0) is 12.8. The summed E-state index contributed by atoms with van der Waals surface area (Å²) in [5.41, 5.74) is 0. The Morgan fingerprint density at radius 3 is 2.56 bits per heavy atom. The van der Waals surface area contributed by atoms with E-state index in [-0.39, 0.29) is 18.2 Å². The average molecular weight is 257 g/mol. The Kier molecular flexibility index (Phi) is 5.41. The fraction of sp³-hybridized carbons (Fsp3) is 0.923. The van der Waals surface area contributed by atoms with E-state index in [1.54, 1.807) is 7.11 Å². The summed E-state index contributed by atoms with van der Waals surface area (Å²) >= 11 is 0. The van der Waals surface area contributed by atoms with Crippen LogP contribution >= 0.6 is 0 Å². The molecule has 0 aromatic heterocycles. The van der Waals surface area contributed by atoms with Gasteiger partial charge in [-0.15, -0.1) is 0 Å². The van der Waals surface area contributed by atoms with Crippen molar-refractivity contribution in [1.29, 1.82) is 0 Å². The van der Waals surface area contributed by atoms with E-state index in [0.717, 1.165) is 38.8 Å². The second-order valence-corrected chi connectivity index (χ2v) is 4.98. The molecule has 0 spiro atoms. The second-order valence-electron chi connectivity index (χ2n) is 4.98. The fourth-order valence-corrected chi connectivity index (χ4v) is 2.62. The first kappa shape index (κ1) is 13.8. The second kappa shape index (κ2) is 7.07. The monoisotopic (exact) mass is 257 g/mol. The van der Waals surface area contributed by atoms with Crippen LogP contribution in [0, 0.1) is 0 Å². The van der Waals surface area contributed by atoms with E-state index < -0.39 is 0 Å². The maximum atomic E-state index is 11.9. The molecule has 1 heterocycles. The predicted octanol–water partition coefficient (Wildman–Crippen LogP) is 0.819. The predicted molar refractivity (Wildman–Crippen MR) is 66.4 cm³/mol. The van der Waals surface area contributed by atoms with Gasteiger partial charge in [-0.3, -0.25) is 9.69 Å². The summed E-state index contributed by atoms with van der Waals surface area (Å²) in [7, 11) is 1.69. The van der Waals surface area contributed by atoms with Gasteiger partial charge < -0.3 is 14.2 Å². The number of morpholine rings is 1. The van der Waals surface area contributed by atoms with Crippen molar-refractivity contribution in [2.24, 2.45) is 0 Å². The highest BCUT2D eigenvalue weighted by molar-refractivity contribution is 5.72. The number of methoxy groups -OCH3 is 1. The molecule has 0 N–H and O–H groups in total. The first-order valence-corrected chi connectivity index (χ1v) is 6.82. The Balaban J connectivity index is 1.75. The topological polar surface area (TPSA) is 48.0 Å². The van der Waals surface area contributed by atoms with Crippen LogP contribution in [0.5, 0.6) is 0 Å². The SMILES string of the molecule is CO[C@H]1CCCC[C@H]1OC(=O)CN1CCOCC1. The maximum Gasteiger partial charge on any atom is 0.320 e. The van der Waals surface area contributed by atoms with Gasteiger partial charge in [-0.2, -0.15) is 0 Å². The third-order valence-corrected chi connectivity index (χ3v) is 3.68. The van der Waals surface area contributed by atoms with E-state index in [0.29, 0.717) is 19.8 Å². The molecule has 5 heteroatoms. The van der Waals surface area contributed by atoms with E-state index in [4.69, 9.17) is 14.2 Å². The van der Waals surface area contributed by atoms with Crippen LogP contribution in [0.3, 0.4) is 0 Å². The molecule has 2 atom stereocenters. The smallest absolute Gasteiger partial charge is 0.320 e. The number of carbonyl (C=O) groups excluding carboxylic acids is 1. The molecule has 1 aliphatic carbocycles. The summed E-state index contributed by atoms with van der Waals surface area (Å²) < 4.78 is 16.2. The lowest BCUT2D eigenvalue weighted by Crippen LogP contribution is -2.42. The van der Waals surface area contributed by atoms with E-state index in [1.807, 2.05) is 0 Å². The fourth-order valence-electron chi connectivity index (χ4n) is 2.62. The van der Waals surface area contributed by atoms with Gasteiger partial charge >= 0.3 is 5.97 Å². The summed E-state index contributed by atoms with van der Waals surface area (Å²) in [5.74, 6) is -0.133. The van der Waals surface area contributed by atoms with Crippen LogP contribution in [0.15, 0.2) is 0 Å². The summed E-state index contributed by atoms with van der Waals surface area (Å²) in [6.45, 7) is 3.41. The summed E-state index contributed by atoms with van der Waals surface area (Å²) in [5, 5.41) is 0. The number of hydrogen-bond donors (Lipinski definition) is 0. The normalized spacial score (nSPS) is 30.1. The molecular weight excluding hydrogens is 234 g/mol. The molecule has 0 amide bonds. The Morgan fingerprint density at radius 1 is 1.22 bits per heavy atom. The molecule has 1 aliphatic heterocycles. The Labute approximate surface area is 108 Å². The molecule has 0 aromatic rings. The molecule has 104 valence electrons. The van der Waals surface area contributed by atoms with Crippen LogP contribution in [-0.2, 0) is 19.0 Å². The number of hydrogen-bond acceptors (Lipinski definition) is 5. The van der Waals surface area contributed by atoms with Crippen molar-refractivity contribution in [3.8, 4) is 0 Å². The van der Waals surface area contributed by atoms with Crippen molar-refractivity contribution in [2.75, 3.05) is 40.0 Å². The zero-order valence-electron chi connectivity index (χ0n) is 11.1. The largest absolute Gasteiger partial charge is 0.459 e. The standard InChI is InChI=1S/C13H23NO4/c1-16-11-4-2-3-5-12(11)18-13(15)10-14-6-8-17-9-7-14/h11-12H,2-10H2,1H3/t11-,12+/m0/s1. The highest BCUT2D eigenvalue weighted by Crippen LogP contribution is 2.23. The Morgan fingerprint density at radius 2 is 1.89 bits per heavy atom. The molecule has 2 aliphatic rings. The van der Waals surface area contributed by atoms with Gasteiger partial charge in [-0.05, 0) is 19.3 Å². The van der Waals surface area contributed by atoms with Gasteiger partial charge in [0.1, 0.15) is 6.10 Å². The van der Waals surface area contributed by atoms with Crippen molar-refractivity contribution in [2.45, 2.75) is 37.9 Å². The van der Waals surface area contributed by atoms with Crippen LogP contribution in [0.4, 0.5) is 0 Å². The summed E-state index contributed by atoms with van der Waals surface area (Å²) in [6.07, 6.45) is 4.22. The highest BCUT2D eigenvalue weighted by Gasteiger charge is 2.28. The Bertz CT molecular complexity index is 266. The molecule has 0 aromatic carbocycles. The number of esters is 1. The van der Waals surface area contributed by atoms with Crippen molar-refractivity contribution in [3.63, 3.8) is 0 Å². The van der Waals surface area contributed by atoms with Gasteiger partial charge in [0.25, 0.3) is 0 Å². The lowest BCUT2D eigenvalue weighted by molar-refractivity contribution is -0.161. The summed E-state index contributed by atoms with van der Waals surface area (Å²) in [4.78, 5) is 14.0. The summed E-state index contributed by atoms with van der Waals surface area (Å²) in [6, 6.07) is 0. The van der Waals surface area contributed by atoms with E-state index >= 15 is 0 Å². The zero-order valence-corrected chi connectivity index (χ0v) is 11.1. The van der Waals surface area contributed by atoms with E-state index in [2.05, 4.69) is 4.90 Å². The van der Waals surface area contributed by atoms with Gasteiger partial charge in [0.2, 0.25) is 0 Å². The lowest BCUT2D eigenvalue weighted by Gasteiger charge is -2.31. The first-order valence-electron chi connectivity index (χ1n) is 6.82.